The number of nitriles is 1. The second-order valence-corrected chi connectivity index (χ2v) is 10.1. The summed E-state index contributed by atoms with van der Waals surface area (Å²) in [6, 6.07) is 16.4. The van der Waals surface area contributed by atoms with Crippen molar-refractivity contribution < 1.29 is 22.7 Å². The van der Waals surface area contributed by atoms with E-state index >= 15 is 0 Å². The van der Waals surface area contributed by atoms with E-state index in [1.54, 1.807) is 29.2 Å². The van der Waals surface area contributed by atoms with E-state index in [9.17, 15) is 22.8 Å². The first-order valence-electron chi connectivity index (χ1n) is 13.4. The summed E-state index contributed by atoms with van der Waals surface area (Å²) < 4.78 is 46.8. The number of ether oxygens (including phenoxy) is 1. The van der Waals surface area contributed by atoms with Gasteiger partial charge in [0.25, 0.3) is 11.5 Å². The fourth-order valence-corrected chi connectivity index (χ4v) is 5.38. The van der Waals surface area contributed by atoms with Gasteiger partial charge in [0.15, 0.2) is 0 Å². The number of piperazine rings is 1. The van der Waals surface area contributed by atoms with E-state index in [0.29, 0.717) is 63.3 Å². The van der Waals surface area contributed by atoms with Gasteiger partial charge in [0, 0.05) is 44.0 Å². The van der Waals surface area contributed by atoms with Crippen LogP contribution in [-0.2, 0) is 12.6 Å². The molecule has 1 atom stereocenters. The molecule has 2 aromatic carbocycles. The van der Waals surface area contributed by atoms with Gasteiger partial charge in [0.2, 0.25) is 0 Å². The van der Waals surface area contributed by atoms with Crippen LogP contribution in [0.1, 0.15) is 34.3 Å². The van der Waals surface area contributed by atoms with Crippen molar-refractivity contribution in [1.82, 2.24) is 15.1 Å². The number of benzene rings is 2. The lowest BCUT2D eigenvalue weighted by atomic mass is 10.1. The van der Waals surface area contributed by atoms with Gasteiger partial charge in [-0.05, 0) is 48.7 Å². The molecule has 1 N–H and O–H groups in total. The number of aromatic amines is 1. The fraction of sp³-hybridized carbons (Fsp3) is 0.379. The van der Waals surface area contributed by atoms with Crippen molar-refractivity contribution in [3.05, 3.63) is 81.8 Å². The van der Waals surface area contributed by atoms with Crippen LogP contribution < -0.4 is 20.1 Å². The smallest absolute Gasteiger partial charge is 0.423 e. The summed E-state index contributed by atoms with van der Waals surface area (Å²) in [4.78, 5) is 30.7. The Bertz CT molecular complexity index is 1480. The van der Waals surface area contributed by atoms with Crippen molar-refractivity contribution in [2.45, 2.75) is 31.5 Å². The molecule has 2 aliphatic heterocycles. The Morgan fingerprint density at radius 1 is 1.10 bits per heavy atom. The Balaban J connectivity index is 1.20. The molecule has 0 radical (unpaired) electrons. The Morgan fingerprint density at radius 2 is 1.85 bits per heavy atom. The van der Waals surface area contributed by atoms with Gasteiger partial charge in [-0.1, -0.05) is 18.2 Å². The molecule has 2 aliphatic rings. The molecule has 9 nitrogen and oxygen atoms in total. The number of nitrogens with zero attached hydrogens (tertiary/aromatic N) is 5. The number of carbonyl (C=O) groups is 1. The maximum atomic E-state index is 13.6. The van der Waals surface area contributed by atoms with Gasteiger partial charge in [-0.3, -0.25) is 9.59 Å². The number of halogens is 3. The van der Waals surface area contributed by atoms with E-state index in [4.69, 9.17) is 10.00 Å². The molecule has 12 heteroatoms. The Kier molecular flexibility index (Phi) is 8.14. The highest BCUT2D eigenvalue weighted by Crippen LogP contribution is 2.36. The second kappa shape index (κ2) is 11.9. The zero-order chi connectivity index (χ0) is 29.0. The minimum absolute atomic E-state index is 0.0908. The molecule has 3 heterocycles. The molecule has 2 fully saturated rings. The van der Waals surface area contributed by atoms with Crippen LogP contribution in [0.4, 0.5) is 24.5 Å². The topological polar surface area (TPSA) is 106 Å². The lowest BCUT2D eigenvalue weighted by Gasteiger charge is -2.36. The fourth-order valence-electron chi connectivity index (χ4n) is 5.38. The molecule has 5 rings (SSSR count). The normalized spacial score (nSPS) is 17.4. The van der Waals surface area contributed by atoms with Gasteiger partial charge in [-0.15, -0.1) is 0 Å². The molecule has 0 bridgehead atoms. The number of alkyl halides is 3. The number of hydrogen-bond acceptors (Lipinski definition) is 7. The summed E-state index contributed by atoms with van der Waals surface area (Å²) in [5.74, 6) is 0.324. The highest BCUT2D eigenvalue weighted by Gasteiger charge is 2.40. The maximum Gasteiger partial charge on any atom is 0.423 e. The minimum atomic E-state index is -4.82. The summed E-state index contributed by atoms with van der Waals surface area (Å²) in [5.41, 5.74) is -0.309. The number of carbonyl (C=O) groups excluding carboxylic acids is 1. The SMILES string of the molecule is N#CCc1ccc(N2CCN(C(=O)c3cccc(OC[C@@H]4CCCN4c4cn[nH]c(=O)c4C(F)(F)F)c3)CC2)cc1. The molecule has 1 aromatic heterocycles. The minimum Gasteiger partial charge on any atom is -0.491 e. The predicted molar refractivity (Wildman–Crippen MR) is 146 cm³/mol. The van der Waals surface area contributed by atoms with Crippen molar-refractivity contribution in [2.75, 3.05) is 49.1 Å². The largest absolute Gasteiger partial charge is 0.491 e. The van der Waals surface area contributed by atoms with Gasteiger partial charge in [0.05, 0.1) is 30.4 Å². The van der Waals surface area contributed by atoms with Crippen LogP contribution in [0.25, 0.3) is 0 Å². The molecule has 41 heavy (non-hydrogen) atoms. The first-order valence-corrected chi connectivity index (χ1v) is 13.4. The number of amides is 1. The van der Waals surface area contributed by atoms with Gasteiger partial charge in [0.1, 0.15) is 17.9 Å². The zero-order valence-corrected chi connectivity index (χ0v) is 22.2. The molecule has 0 spiro atoms. The molecule has 2 saturated heterocycles. The number of anilines is 2. The predicted octanol–water partition coefficient (Wildman–Crippen LogP) is 3.86. The number of rotatable bonds is 7. The van der Waals surface area contributed by atoms with Crippen LogP contribution in [0, 0.1) is 11.3 Å². The summed E-state index contributed by atoms with van der Waals surface area (Å²) in [7, 11) is 0. The van der Waals surface area contributed by atoms with E-state index in [-0.39, 0.29) is 24.2 Å². The zero-order valence-electron chi connectivity index (χ0n) is 22.2. The molecule has 214 valence electrons. The highest BCUT2D eigenvalue weighted by atomic mass is 19.4. The molecular formula is C29H29F3N6O3. The summed E-state index contributed by atoms with van der Waals surface area (Å²) in [6.45, 7) is 2.88. The van der Waals surface area contributed by atoms with Gasteiger partial charge in [-0.25, -0.2) is 5.10 Å². The molecule has 0 unspecified atom stereocenters. The van der Waals surface area contributed by atoms with Crippen molar-refractivity contribution in [3.63, 3.8) is 0 Å². The average Bonchev–Trinajstić information content (AvgIpc) is 3.44. The van der Waals surface area contributed by atoms with Crippen LogP contribution in [-0.4, -0.2) is 66.4 Å². The average molecular weight is 567 g/mol. The van der Waals surface area contributed by atoms with Gasteiger partial charge < -0.3 is 19.4 Å². The Morgan fingerprint density at radius 3 is 2.56 bits per heavy atom. The molecular weight excluding hydrogens is 537 g/mol. The second-order valence-electron chi connectivity index (χ2n) is 10.1. The Hall–Kier alpha value is -4.53. The number of hydrogen-bond donors (Lipinski definition) is 1. The number of nitrogens with one attached hydrogen (secondary N) is 1. The number of aromatic nitrogens is 2. The van der Waals surface area contributed by atoms with E-state index in [1.807, 2.05) is 29.4 Å². The Labute approximate surface area is 234 Å². The van der Waals surface area contributed by atoms with Crippen LogP contribution in [0.15, 0.2) is 59.5 Å². The lowest BCUT2D eigenvalue weighted by Crippen LogP contribution is -2.48. The molecule has 0 saturated carbocycles. The first kappa shape index (κ1) is 28.0. The van der Waals surface area contributed by atoms with Crippen LogP contribution in [0.3, 0.4) is 0 Å². The van der Waals surface area contributed by atoms with Crippen molar-refractivity contribution in [3.8, 4) is 11.8 Å². The monoisotopic (exact) mass is 566 g/mol. The van der Waals surface area contributed by atoms with E-state index in [0.717, 1.165) is 17.4 Å². The molecule has 0 aliphatic carbocycles. The highest BCUT2D eigenvalue weighted by molar-refractivity contribution is 5.94. The quantitative estimate of drug-likeness (QED) is 0.463. The summed E-state index contributed by atoms with van der Waals surface area (Å²) in [6.07, 6.45) is -2.18. The maximum absolute atomic E-state index is 13.6. The van der Waals surface area contributed by atoms with E-state index in [2.05, 4.69) is 16.1 Å². The molecule has 1 amide bonds. The van der Waals surface area contributed by atoms with E-state index in [1.165, 1.54) is 4.90 Å². The molecule has 3 aromatic rings. The summed E-state index contributed by atoms with van der Waals surface area (Å²) >= 11 is 0. The van der Waals surface area contributed by atoms with Crippen LogP contribution in [0.5, 0.6) is 5.75 Å². The summed E-state index contributed by atoms with van der Waals surface area (Å²) in [5, 5.41) is 14.3. The third-order valence-electron chi connectivity index (χ3n) is 7.48. The number of H-pyrrole nitrogens is 1. The van der Waals surface area contributed by atoms with Gasteiger partial charge in [-0.2, -0.15) is 23.5 Å². The lowest BCUT2D eigenvalue weighted by molar-refractivity contribution is -0.138. The van der Waals surface area contributed by atoms with Gasteiger partial charge >= 0.3 is 6.18 Å². The van der Waals surface area contributed by atoms with Crippen LogP contribution >= 0.6 is 0 Å². The van der Waals surface area contributed by atoms with Crippen LogP contribution in [0.2, 0.25) is 0 Å². The van der Waals surface area contributed by atoms with Crippen molar-refractivity contribution >= 4 is 17.3 Å². The van der Waals surface area contributed by atoms with E-state index < -0.39 is 17.3 Å². The standard InChI is InChI=1S/C29H29F3N6O3/c30-29(31,32)26-25(18-34-35-27(26)39)38-12-2-4-23(38)19-41-24-5-1-3-21(17-24)28(40)37-15-13-36(14-16-37)22-8-6-20(7-9-22)10-11-33/h1,3,5-9,17-18,23H,2,4,10,12-16,19H2,(H,35,39)/t23-/m0/s1. The first-order chi connectivity index (χ1) is 19.7. The third kappa shape index (κ3) is 6.29. The van der Waals surface area contributed by atoms with Crippen molar-refractivity contribution in [2.24, 2.45) is 0 Å². The third-order valence-corrected chi connectivity index (χ3v) is 7.48. The van der Waals surface area contributed by atoms with Crippen molar-refractivity contribution in [1.29, 1.82) is 5.26 Å².